The highest BCUT2D eigenvalue weighted by atomic mass is 32.2. The molecule has 0 atom stereocenters. The minimum atomic E-state index is 0.708. The maximum atomic E-state index is 5.42. The minimum absolute atomic E-state index is 0.708. The van der Waals surface area contributed by atoms with E-state index in [1.54, 1.807) is 6.20 Å². The molecule has 16 heavy (non-hydrogen) atoms. The molecule has 3 N–H and O–H groups in total. The number of nitrogens with one attached hydrogen (secondary N) is 1. The Morgan fingerprint density at radius 2 is 2.31 bits per heavy atom. The van der Waals surface area contributed by atoms with E-state index in [1.165, 1.54) is 5.56 Å². The largest absolute Gasteiger partial charge is 0.381 e. The Hall–Kier alpha value is -0.780. The van der Waals surface area contributed by atoms with Gasteiger partial charge >= 0.3 is 0 Å². The zero-order valence-corrected chi connectivity index (χ0v) is 10.0. The van der Waals surface area contributed by atoms with Gasteiger partial charge in [-0.2, -0.15) is 11.8 Å². The lowest BCUT2D eigenvalue weighted by Gasteiger charge is -2.21. The number of nitrogens with two attached hydrogens (primary N) is 1. The van der Waals surface area contributed by atoms with Gasteiger partial charge in [0.15, 0.2) is 0 Å². The molecule has 4 nitrogen and oxygen atoms in total. The Morgan fingerprint density at radius 3 is 3.06 bits per heavy atom. The van der Waals surface area contributed by atoms with Crippen molar-refractivity contribution in [3.05, 3.63) is 23.9 Å². The van der Waals surface area contributed by atoms with Crippen molar-refractivity contribution in [2.24, 2.45) is 5.84 Å². The van der Waals surface area contributed by atoms with Crippen molar-refractivity contribution >= 4 is 17.6 Å². The summed E-state index contributed by atoms with van der Waals surface area (Å²) in [6.07, 6.45) is 4.05. The number of thioether (sulfide) groups is 1. The number of ether oxygens (including phenoxy) is 1. The molecule has 0 spiro atoms. The zero-order valence-electron chi connectivity index (χ0n) is 9.19. The van der Waals surface area contributed by atoms with Crippen LogP contribution in [-0.4, -0.2) is 23.4 Å². The second kappa shape index (κ2) is 6.08. The summed E-state index contributed by atoms with van der Waals surface area (Å²) in [6, 6.07) is 4.01. The van der Waals surface area contributed by atoms with Gasteiger partial charge in [-0.05, 0) is 18.9 Å². The molecule has 88 valence electrons. The highest BCUT2D eigenvalue weighted by Gasteiger charge is 2.14. The van der Waals surface area contributed by atoms with Crippen LogP contribution in [0.3, 0.4) is 0 Å². The number of anilines is 1. The molecule has 1 aromatic rings. The molecule has 2 rings (SSSR count). The van der Waals surface area contributed by atoms with Gasteiger partial charge < -0.3 is 10.2 Å². The minimum Gasteiger partial charge on any atom is -0.381 e. The maximum Gasteiger partial charge on any atom is 0.143 e. The van der Waals surface area contributed by atoms with Gasteiger partial charge in [0.25, 0.3) is 0 Å². The Labute approximate surface area is 99.9 Å². The number of hydrogen-bond acceptors (Lipinski definition) is 5. The maximum absolute atomic E-state index is 5.42. The monoisotopic (exact) mass is 239 g/mol. The van der Waals surface area contributed by atoms with Crippen LogP contribution in [0.4, 0.5) is 5.82 Å². The van der Waals surface area contributed by atoms with Gasteiger partial charge in [0.05, 0.1) is 0 Å². The van der Waals surface area contributed by atoms with Crippen LogP contribution in [0.25, 0.3) is 0 Å². The molecule has 1 aliphatic rings. The Balaban J connectivity index is 1.88. The topological polar surface area (TPSA) is 60.2 Å². The van der Waals surface area contributed by atoms with Crippen molar-refractivity contribution < 1.29 is 4.74 Å². The summed E-state index contributed by atoms with van der Waals surface area (Å²) in [5.41, 5.74) is 3.80. The fourth-order valence-electron chi connectivity index (χ4n) is 1.74. The van der Waals surface area contributed by atoms with Gasteiger partial charge in [-0.1, -0.05) is 6.07 Å². The molecule has 0 unspecified atom stereocenters. The first kappa shape index (κ1) is 11.7. The van der Waals surface area contributed by atoms with Gasteiger partial charge in [-0.3, -0.25) is 0 Å². The van der Waals surface area contributed by atoms with Gasteiger partial charge in [0.1, 0.15) is 5.82 Å². The SMILES string of the molecule is NNc1ncccc1CSC1CCOCC1. The quantitative estimate of drug-likeness (QED) is 0.619. The molecule has 1 aromatic heterocycles. The lowest BCUT2D eigenvalue weighted by molar-refractivity contribution is 0.1000. The van der Waals surface area contributed by atoms with Crippen molar-refractivity contribution in [1.82, 2.24) is 4.98 Å². The number of nitrogens with zero attached hydrogens (tertiary/aromatic N) is 1. The number of nitrogen functional groups attached to an aromatic ring is 1. The normalized spacial score (nSPS) is 17.3. The van der Waals surface area contributed by atoms with Crippen LogP contribution in [0.15, 0.2) is 18.3 Å². The van der Waals surface area contributed by atoms with Crippen LogP contribution >= 0.6 is 11.8 Å². The number of pyridine rings is 1. The van der Waals surface area contributed by atoms with Crippen molar-refractivity contribution in [3.63, 3.8) is 0 Å². The smallest absolute Gasteiger partial charge is 0.143 e. The average Bonchev–Trinajstić information content (AvgIpc) is 2.38. The molecule has 1 saturated heterocycles. The van der Waals surface area contributed by atoms with Crippen molar-refractivity contribution in [3.8, 4) is 0 Å². The van der Waals surface area contributed by atoms with Crippen LogP contribution in [0.5, 0.6) is 0 Å². The first-order chi connectivity index (χ1) is 7.90. The van der Waals surface area contributed by atoms with Gasteiger partial charge in [-0.25, -0.2) is 10.8 Å². The van der Waals surface area contributed by atoms with E-state index in [0.29, 0.717) is 5.25 Å². The molecule has 2 heterocycles. The third-order valence-electron chi connectivity index (χ3n) is 2.67. The number of hydrogen-bond donors (Lipinski definition) is 2. The van der Waals surface area contributed by atoms with Crippen LogP contribution in [0.2, 0.25) is 0 Å². The number of hydrazine groups is 1. The van der Waals surface area contributed by atoms with E-state index in [2.05, 4.69) is 16.5 Å². The highest BCUT2D eigenvalue weighted by molar-refractivity contribution is 7.99. The van der Waals surface area contributed by atoms with E-state index in [9.17, 15) is 0 Å². The molecule has 0 bridgehead atoms. The van der Waals surface area contributed by atoms with Gasteiger partial charge in [0.2, 0.25) is 0 Å². The number of aromatic nitrogens is 1. The molecule has 1 fully saturated rings. The van der Waals surface area contributed by atoms with Crippen LogP contribution in [0, 0.1) is 0 Å². The standard InChI is InChI=1S/C11H17N3OS/c12-14-11-9(2-1-5-13-11)8-16-10-3-6-15-7-4-10/h1-2,5,10H,3-4,6-8,12H2,(H,13,14). The summed E-state index contributed by atoms with van der Waals surface area (Å²) in [7, 11) is 0. The number of rotatable bonds is 4. The second-order valence-corrected chi connectivity index (χ2v) is 5.07. The van der Waals surface area contributed by atoms with Crippen LogP contribution in [-0.2, 0) is 10.5 Å². The molecule has 0 aromatic carbocycles. The van der Waals surface area contributed by atoms with Crippen molar-refractivity contribution in [1.29, 1.82) is 0 Å². The van der Waals surface area contributed by atoms with Crippen molar-refractivity contribution in [2.45, 2.75) is 23.8 Å². The fraction of sp³-hybridized carbons (Fsp3) is 0.545. The molecule has 0 amide bonds. The molecule has 0 saturated carbocycles. The Morgan fingerprint density at radius 1 is 1.50 bits per heavy atom. The summed E-state index contributed by atoms with van der Waals surface area (Å²) in [4.78, 5) is 4.19. The predicted octanol–water partition coefficient (Wildman–Crippen LogP) is 1.78. The summed E-state index contributed by atoms with van der Waals surface area (Å²) >= 11 is 1.96. The Bertz CT molecular complexity index is 329. The summed E-state index contributed by atoms with van der Waals surface area (Å²) < 4.78 is 5.34. The summed E-state index contributed by atoms with van der Waals surface area (Å²) in [5, 5.41) is 0.708. The predicted molar refractivity (Wildman–Crippen MR) is 67.2 cm³/mol. The van der Waals surface area contributed by atoms with E-state index < -0.39 is 0 Å². The summed E-state index contributed by atoms with van der Waals surface area (Å²) in [5.74, 6) is 7.15. The molecular formula is C11H17N3OS. The Kier molecular flexibility index (Phi) is 4.44. The van der Waals surface area contributed by atoms with Gasteiger partial charge in [-0.15, -0.1) is 0 Å². The van der Waals surface area contributed by atoms with E-state index in [1.807, 2.05) is 17.8 Å². The molecular weight excluding hydrogens is 222 g/mol. The van der Waals surface area contributed by atoms with E-state index >= 15 is 0 Å². The first-order valence-corrected chi connectivity index (χ1v) is 6.55. The molecule has 0 radical (unpaired) electrons. The van der Waals surface area contributed by atoms with Gasteiger partial charge in [0, 0.05) is 36.0 Å². The third kappa shape index (κ3) is 3.10. The molecule has 5 heteroatoms. The van der Waals surface area contributed by atoms with Crippen LogP contribution in [0.1, 0.15) is 18.4 Å². The van der Waals surface area contributed by atoms with E-state index in [-0.39, 0.29) is 0 Å². The first-order valence-electron chi connectivity index (χ1n) is 5.50. The van der Waals surface area contributed by atoms with Crippen LogP contribution < -0.4 is 11.3 Å². The van der Waals surface area contributed by atoms with E-state index in [0.717, 1.165) is 37.6 Å². The molecule has 1 aliphatic heterocycles. The zero-order chi connectivity index (χ0) is 11.2. The lowest BCUT2D eigenvalue weighted by atomic mass is 10.2. The third-order valence-corrected chi connectivity index (χ3v) is 4.09. The molecule has 0 aliphatic carbocycles. The second-order valence-electron chi connectivity index (χ2n) is 3.78. The lowest BCUT2D eigenvalue weighted by Crippen LogP contribution is -2.18. The highest BCUT2D eigenvalue weighted by Crippen LogP contribution is 2.27. The average molecular weight is 239 g/mol. The van der Waals surface area contributed by atoms with E-state index in [4.69, 9.17) is 10.6 Å². The summed E-state index contributed by atoms with van der Waals surface area (Å²) in [6.45, 7) is 1.79. The van der Waals surface area contributed by atoms with Crippen molar-refractivity contribution in [2.75, 3.05) is 18.6 Å². The fourth-order valence-corrected chi connectivity index (χ4v) is 2.91.